The quantitative estimate of drug-likeness (QED) is 0.356. The smallest absolute Gasteiger partial charge is 0.422 e. The number of aryl methyl sites for hydroxylation is 1. The van der Waals surface area contributed by atoms with E-state index in [-0.39, 0.29) is 11.3 Å². The van der Waals surface area contributed by atoms with Crippen molar-refractivity contribution in [2.45, 2.75) is 13.0 Å². The number of Topliss-reactive ketones (excluding diaryl/α,β-unsaturated/α-hetero) is 1. The van der Waals surface area contributed by atoms with Crippen LogP contribution in [0.1, 0.15) is 21.5 Å². The molecule has 0 spiro atoms. The zero-order chi connectivity index (χ0) is 27.7. The highest BCUT2D eigenvalue weighted by Crippen LogP contribution is 2.25. The van der Waals surface area contributed by atoms with Gasteiger partial charge in [-0.25, -0.2) is 9.69 Å². The Morgan fingerprint density at radius 3 is 1.95 bits per heavy atom. The van der Waals surface area contributed by atoms with E-state index < -0.39 is 36.3 Å². The maximum atomic E-state index is 12.6. The number of methoxy groups -OCH3 is 2. The van der Waals surface area contributed by atoms with Crippen molar-refractivity contribution in [2.75, 3.05) is 20.8 Å². The van der Waals surface area contributed by atoms with Crippen molar-refractivity contribution < 1.29 is 33.4 Å². The van der Waals surface area contributed by atoms with Crippen LogP contribution < -0.4 is 14.8 Å². The van der Waals surface area contributed by atoms with E-state index in [1.54, 1.807) is 36.4 Å². The number of nitrogens with zero attached hydrogens (tertiary/aromatic N) is 1. The molecule has 9 nitrogen and oxygen atoms in total. The van der Waals surface area contributed by atoms with Gasteiger partial charge in [0, 0.05) is 11.6 Å². The second kappa shape index (κ2) is 12.9. The molecule has 3 aromatic carbocycles. The molecule has 4 rings (SSSR count). The first kappa shape index (κ1) is 27.7. The fourth-order valence-electron chi connectivity index (χ4n) is 3.44. The summed E-state index contributed by atoms with van der Waals surface area (Å²) < 4.78 is 15.1. The van der Waals surface area contributed by atoms with Crippen LogP contribution >= 0.6 is 0 Å². The number of carbonyl (C=O) groups excluding carboxylic acids is 4. The van der Waals surface area contributed by atoms with Gasteiger partial charge in [-0.15, -0.1) is 0 Å². The van der Waals surface area contributed by atoms with Crippen molar-refractivity contribution in [1.29, 1.82) is 0 Å². The number of hydrogen-bond donors (Lipinski definition) is 1. The third-order valence-electron chi connectivity index (χ3n) is 5.50. The van der Waals surface area contributed by atoms with Gasteiger partial charge in [-0.05, 0) is 24.6 Å². The lowest BCUT2D eigenvalue weighted by Gasteiger charge is -2.14. The number of nitrogens with one attached hydrogen (secondary N) is 1. The van der Waals surface area contributed by atoms with Crippen LogP contribution in [0, 0.1) is 6.92 Å². The number of ether oxygens (including phenoxy) is 3. The number of imide groups is 1. The minimum atomic E-state index is -1.71. The van der Waals surface area contributed by atoms with Crippen LogP contribution in [0.3, 0.4) is 0 Å². The van der Waals surface area contributed by atoms with Gasteiger partial charge < -0.3 is 19.5 Å². The normalized spacial score (nSPS) is 14.1. The van der Waals surface area contributed by atoms with E-state index in [2.05, 4.69) is 31.0 Å². The predicted octanol–water partition coefficient (Wildman–Crippen LogP) is 4.02. The fourth-order valence-corrected chi connectivity index (χ4v) is 3.44. The number of rotatable bonds is 8. The molecule has 1 fully saturated rings. The molecule has 196 valence electrons. The Balaban J connectivity index is 0.000000494. The van der Waals surface area contributed by atoms with Gasteiger partial charge in [-0.3, -0.25) is 14.4 Å². The molecule has 1 N–H and O–H groups in total. The van der Waals surface area contributed by atoms with E-state index in [4.69, 9.17) is 14.2 Å². The third-order valence-corrected chi connectivity index (χ3v) is 5.50. The topological polar surface area (TPSA) is 111 Å². The van der Waals surface area contributed by atoms with Gasteiger partial charge in [0.05, 0.1) is 26.5 Å². The summed E-state index contributed by atoms with van der Waals surface area (Å²) >= 11 is 0. The van der Waals surface area contributed by atoms with Gasteiger partial charge in [0.1, 0.15) is 11.5 Å². The lowest BCUT2D eigenvalue weighted by Crippen LogP contribution is -2.42. The van der Waals surface area contributed by atoms with E-state index in [1.807, 2.05) is 18.2 Å². The Labute approximate surface area is 220 Å². The summed E-state index contributed by atoms with van der Waals surface area (Å²) in [6.45, 7) is 5.41. The average Bonchev–Trinajstić information content (AvgIpc) is 3.25. The molecule has 0 aliphatic carbocycles. The minimum absolute atomic E-state index is 0.0884. The maximum absolute atomic E-state index is 12.6. The Kier molecular flexibility index (Phi) is 9.37. The van der Waals surface area contributed by atoms with Gasteiger partial charge in [-0.2, -0.15) is 0 Å². The number of benzene rings is 3. The second-order valence-corrected chi connectivity index (χ2v) is 8.15. The first-order valence-electron chi connectivity index (χ1n) is 11.6. The number of amides is 3. The third kappa shape index (κ3) is 6.85. The fraction of sp³-hybridized carbons (Fsp3) is 0.172. The van der Waals surface area contributed by atoms with Gasteiger partial charge in [-0.1, -0.05) is 72.8 Å². The molecule has 0 saturated carbocycles. The summed E-state index contributed by atoms with van der Waals surface area (Å²) in [6, 6.07) is 23.4. The number of cyclic esters (lactones) is 1. The molecule has 1 aliphatic heterocycles. The van der Waals surface area contributed by atoms with Gasteiger partial charge >= 0.3 is 6.09 Å². The Bertz CT molecular complexity index is 1300. The zero-order valence-electron chi connectivity index (χ0n) is 21.3. The van der Waals surface area contributed by atoms with Crippen molar-refractivity contribution in [2.24, 2.45) is 0 Å². The molecule has 38 heavy (non-hydrogen) atoms. The zero-order valence-corrected chi connectivity index (χ0v) is 21.3. The molecule has 1 aliphatic rings. The first-order valence-corrected chi connectivity index (χ1v) is 11.6. The number of carbonyl (C=O) groups is 4. The highest BCUT2D eigenvalue weighted by atomic mass is 16.6. The highest BCUT2D eigenvalue weighted by molar-refractivity contribution is 6.17. The molecule has 1 atom stereocenters. The highest BCUT2D eigenvalue weighted by Gasteiger charge is 2.46. The van der Waals surface area contributed by atoms with Crippen LogP contribution in [0.5, 0.6) is 11.5 Å². The SMILES string of the molecule is C=C(c1ccccc1)N1C(=O)OC(C(=O)NCC(=O)c2cc(OC)cc(OC)c2)C1=O.Cc1ccccc1. The molecular formula is C29H28N2O7. The summed E-state index contributed by atoms with van der Waals surface area (Å²) in [7, 11) is 2.89. The van der Waals surface area contributed by atoms with Crippen LogP contribution in [0.2, 0.25) is 0 Å². The van der Waals surface area contributed by atoms with Crippen molar-refractivity contribution in [3.05, 3.63) is 102 Å². The lowest BCUT2D eigenvalue weighted by atomic mass is 10.1. The van der Waals surface area contributed by atoms with E-state index in [1.165, 1.54) is 31.9 Å². The van der Waals surface area contributed by atoms with Crippen molar-refractivity contribution in [3.8, 4) is 11.5 Å². The summed E-state index contributed by atoms with van der Waals surface area (Å²) in [5.74, 6) is -1.43. The molecule has 1 saturated heterocycles. The van der Waals surface area contributed by atoms with Crippen LogP contribution in [-0.2, 0) is 14.3 Å². The number of hydrogen-bond acceptors (Lipinski definition) is 7. The Morgan fingerprint density at radius 1 is 0.895 bits per heavy atom. The van der Waals surface area contributed by atoms with Crippen LogP contribution in [0.25, 0.3) is 5.70 Å². The molecule has 0 bridgehead atoms. The molecule has 9 heteroatoms. The Morgan fingerprint density at radius 2 is 1.45 bits per heavy atom. The molecular weight excluding hydrogens is 488 g/mol. The van der Waals surface area contributed by atoms with Crippen LogP contribution in [-0.4, -0.2) is 55.5 Å². The van der Waals surface area contributed by atoms with E-state index in [0.29, 0.717) is 22.0 Å². The van der Waals surface area contributed by atoms with Crippen molar-refractivity contribution in [3.63, 3.8) is 0 Å². The summed E-state index contributed by atoms with van der Waals surface area (Å²) in [5, 5.41) is 2.32. The standard InChI is InChI=1S/C22H20N2O7.C7H8/c1-13(14-7-5-4-6-8-14)24-21(27)19(31-22(24)28)20(26)23-12-18(25)15-9-16(29-2)11-17(10-15)30-3;1-7-5-3-2-4-6-7/h4-11,19H,1,12H2,2-3H3,(H,23,26);2-6H,1H3. The van der Waals surface area contributed by atoms with E-state index in [9.17, 15) is 19.2 Å². The maximum Gasteiger partial charge on any atom is 0.422 e. The molecule has 3 aromatic rings. The van der Waals surface area contributed by atoms with Crippen LogP contribution in [0.15, 0.2) is 85.4 Å². The molecule has 0 radical (unpaired) electrons. The minimum Gasteiger partial charge on any atom is -0.497 e. The molecule has 0 aromatic heterocycles. The summed E-state index contributed by atoms with van der Waals surface area (Å²) in [5.41, 5.74) is 2.18. The average molecular weight is 517 g/mol. The second-order valence-electron chi connectivity index (χ2n) is 8.15. The van der Waals surface area contributed by atoms with Crippen LogP contribution in [0.4, 0.5) is 4.79 Å². The number of ketones is 1. The van der Waals surface area contributed by atoms with Crippen molar-refractivity contribution >= 4 is 29.4 Å². The van der Waals surface area contributed by atoms with Gasteiger partial charge in [0.2, 0.25) is 0 Å². The monoisotopic (exact) mass is 516 g/mol. The lowest BCUT2D eigenvalue weighted by molar-refractivity contribution is -0.137. The predicted molar refractivity (Wildman–Crippen MR) is 141 cm³/mol. The molecule has 1 heterocycles. The molecule has 1 unspecified atom stereocenters. The summed E-state index contributed by atoms with van der Waals surface area (Å²) in [6.07, 6.45) is -2.72. The molecule has 3 amide bonds. The van der Waals surface area contributed by atoms with Crippen molar-refractivity contribution in [1.82, 2.24) is 10.2 Å². The largest absolute Gasteiger partial charge is 0.497 e. The van der Waals surface area contributed by atoms with Gasteiger partial charge in [0.15, 0.2) is 5.78 Å². The summed E-state index contributed by atoms with van der Waals surface area (Å²) in [4.78, 5) is 50.3. The van der Waals surface area contributed by atoms with E-state index >= 15 is 0 Å². The first-order chi connectivity index (χ1) is 18.2. The Hall–Kier alpha value is -4.92. The van der Waals surface area contributed by atoms with Gasteiger partial charge in [0.25, 0.3) is 17.9 Å². The van der Waals surface area contributed by atoms with E-state index in [0.717, 1.165) is 0 Å².